The predicted octanol–water partition coefficient (Wildman–Crippen LogP) is 3.62. The first-order chi connectivity index (χ1) is 13.0. The zero-order valence-corrected chi connectivity index (χ0v) is 16.2. The maximum atomic E-state index is 13.2. The monoisotopic (exact) mass is 370 g/mol. The third-order valence-electron chi connectivity index (χ3n) is 4.61. The summed E-state index contributed by atoms with van der Waals surface area (Å²) < 4.78 is 13.2. The fraction of sp³-hybridized carbons (Fsp3) is 0.364. The first-order valence-corrected chi connectivity index (χ1v) is 9.32. The molecule has 0 radical (unpaired) electrons. The van der Waals surface area contributed by atoms with Gasteiger partial charge in [-0.25, -0.2) is 4.39 Å². The van der Waals surface area contributed by atoms with Gasteiger partial charge in [-0.1, -0.05) is 43.3 Å². The van der Waals surface area contributed by atoms with E-state index in [1.807, 2.05) is 45.0 Å². The molecule has 0 saturated heterocycles. The van der Waals surface area contributed by atoms with Gasteiger partial charge in [0.2, 0.25) is 11.8 Å². The minimum absolute atomic E-state index is 0.119. The Morgan fingerprint density at radius 3 is 2.33 bits per heavy atom. The Hall–Kier alpha value is -2.69. The molecule has 2 aromatic carbocycles. The molecule has 144 valence electrons. The Bertz CT molecular complexity index is 774. The standard InChI is InChI=1S/C22H27FN2O2/c1-4-20(22(27)24-5-2)25(15-17-10-12-19(23)13-11-17)21(26)14-18-9-7-6-8-16(18)3/h6-13,20H,4-5,14-15H2,1-3H3,(H,24,27)/t20-/m0/s1. The maximum absolute atomic E-state index is 13.2. The molecule has 1 atom stereocenters. The second-order valence-electron chi connectivity index (χ2n) is 6.57. The van der Waals surface area contributed by atoms with Gasteiger partial charge in [0, 0.05) is 13.1 Å². The fourth-order valence-electron chi connectivity index (χ4n) is 3.07. The zero-order valence-electron chi connectivity index (χ0n) is 16.2. The van der Waals surface area contributed by atoms with Crippen LogP contribution in [0.2, 0.25) is 0 Å². The number of carbonyl (C=O) groups is 2. The van der Waals surface area contributed by atoms with E-state index in [2.05, 4.69) is 5.32 Å². The van der Waals surface area contributed by atoms with Crippen LogP contribution in [-0.2, 0) is 22.6 Å². The molecule has 5 heteroatoms. The molecule has 0 bridgehead atoms. The van der Waals surface area contributed by atoms with Gasteiger partial charge in [0.15, 0.2) is 0 Å². The number of benzene rings is 2. The van der Waals surface area contributed by atoms with Crippen molar-refractivity contribution >= 4 is 11.8 Å². The summed E-state index contributed by atoms with van der Waals surface area (Å²) in [7, 11) is 0. The van der Waals surface area contributed by atoms with E-state index in [0.29, 0.717) is 13.0 Å². The van der Waals surface area contributed by atoms with Crippen molar-refractivity contribution in [1.82, 2.24) is 10.2 Å². The van der Waals surface area contributed by atoms with Gasteiger partial charge in [0.05, 0.1) is 6.42 Å². The first-order valence-electron chi connectivity index (χ1n) is 9.32. The number of hydrogen-bond donors (Lipinski definition) is 1. The zero-order chi connectivity index (χ0) is 19.8. The summed E-state index contributed by atoms with van der Waals surface area (Å²) in [4.78, 5) is 27.2. The van der Waals surface area contributed by atoms with Crippen LogP contribution in [0.3, 0.4) is 0 Å². The molecule has 2 aromatic rings. The Balaban J connectivity index is 2.29. The highest BCUT2D eigenvalue weighted by Gasteiger charge is 2.28. The third kappa shape index (κ3) is 5.64. The molecule has 0 aliphatic heterocycles. The van der Waals surface area contributed by atoms with E-state index in [-0.39, 0.29) is 30.6 Å². The van der Waals surface area contributed by atoms with Crippen LogP contribution >= 0.6 is 0 Å². The molecule has 0 aromatic heterocycles. The maximum Gasteiger partial charge on any atom is 0.242 e. The van der Waals surface area contributed by atoms with Crippen LogP contribution < -0.4 is 5.32 Å². The van der Waals surface area contributed by atoms with Gasteiger partial charge in [-0.05, 0) is 49.1 Å². The van der Waals surface area contributed by atoms with Crippen molar-refractivity contribution in [2.24, 2.45) is 0 Å². The van der Waals surface area contributed by atoms with Crippen LogP contribution in [0.25, 0.3) is 0 Å². The topological polar surface area (TPSA) is 49.4 Å². The minimum atomic E-state index is -0.563. The van der Waals surface area contributed by atoms with Gasteiger partial charge in [0.25, 0.3) is 0 Å². The van der Waals surface area contributed by atoms with Crippen molar-refractivity contribution in [3.05, 3.63) is 71.0 Å². The second kappa shape index (κ2) is 9.86. The number of aryl methyl sites for hydroxylation is 1. The number of likely N-dealkylation sites (N-methyl/N-ethyl adjacent to an activating group) is 1. The average Bonchev–Trinajstić information content (AvgIpc) is 2.65. The van der Waals surface area contributed by atoms with Gasteiger partial charge in [-0.15, -0.1) is 0 Å². The Kier molecular flexibility index (Phi) is 7.53. The van der Waals surface area contributed by atoms with Crippen molar-refractivity contribution in [3.8, 4) is 0 Å². The lowest BCUT2D eigenvalue weighted by molar-refractivity contribution is -0.140. The SMILES string of the molecule is CCNC(=O)[C@H](CC)N(Cc1ccc(F)cc1)C(=O)Cc1ccccc1C. The molecule has 1 N–H and O–H groups in total. The lowest BCUT2D eigenvalue weighted by Crippen LogP contribution is -2.49. The molecule has 0 fully saturated rings. The van der Waals surface area contributed by atoms with Gasteiger partial charge < -0.3 is 10.2 Å². The van der Waals surface area contributed by atoms with Gasteiger partial charge in [-0.3, -0.25) is 9.59 Å². The third-order valence-corrected chi connectivity index (χ3v) is 4.61. The molecule has 0 aliphatic rings. The van der Waals surface area contributed by atoms with E-state index in [0.717, 1.165) is 16.7 Å². The van der Waals surface area contributed by atoms with E-state index >= 15 is 0 Å². The van der Waals surface area contributed by atoms with Gasteiger partial charge >= 0.3 is 0 Å². The van der Waals surface area contributed by atoms with E-state index in [1.165, 1.54) is 12.1 Å². The summed E-state index contributed by atoms with van der Waals surface area (Å²) in [5.41, 5.74) is 2.77. The predicted molar refractivity (Wildman–Crippen MR) is 105 cm³/mol. The van der Waals surface area contributed by atoms with Crippen LogP contribution in [0.4, 0.5) is 4.39 Å². The van der Waals surface area contributed by atoms with Crippen molar-refractivity contribution in [2.75, 3.05) is 6.54 Å². The smallest absolute Gasteiger partial charge is 0.242 e. The van der Waals surface area contributed by atoms with Gasteiger partial charge in [0.1, 0.15) is 11.9 Å². The number of rotatable bonds is 8. The van der Waals surface area contributed by atoms with Crippen LogP contribution in [-0.4, -0.2) is 29.3 Å². The largest absolute Gasteiger partial charge is 0.355 e. The Labute approximate surface area is 160 Å². The summed E-state index contributed by atoms with van der Waals surface area (Å²) in [5, 5.41) is 2.81. The minimum Gasteiger partial charge on any atom is -0.355 e. The number of hydrogen-bond acceptors (Lipinski definition) is 2. The number of halogens is 1. The first kappa shape index (κ1) is 20.6. The summed E-state index contributed by atoms with van der Waals surface area (Å²) in [6.07, 6.45) is 0.732. The molecule has 0 aliphatic carbocycles. The highest BCUT2D eigenvalue weighted by atomic mass is 19.1. The van der Waals surface area contributed by atoms with Crippen LogP contribution in [0.15, 0.2) is 48.5 Å². The number of nitrogens with zero attached hydrogens (tertiary/aromatic N) is 1. The van der Waals surface area contributed by atoms with Gasteiger partial charge in [-0.2, -0.15) is 0 Å². The van der Waals surface area contributed by atoms with E-state index in [9.17, 15) is 14.0 Å². The molecule has 0 saturated carbocycles. The number of nitrogens with one attached hydrogen (secondary N) is 1. The highest BCUT2D eigenvalue weighted by molar-refractivity contribution is 5.88. The highest BCUT2D eigenvalue weighted by Crippen LogP contribution is 2.16. The van der Waals surface area contributed by atoms with E-state index < -0.39 is 6.04 Å². The second-order valence-corrected chi connectivity index (χ2v) is 6.57. The Morgan fingerprint density at radius 2 is 1.74 bits per heavy atom. The summed E-state index contributed by atoms with van der Waals surface area (Å²) in [6, 6.07) is 13.2. The van der Waals surface area contributed by atoms with E-state index in [4.69, 9.17) is 0 Å². The Morgan fingerprint density at radius 1 is 1.07 bits per heavy atom. The summed E-state index contributed by atoms with van der Waals surface area (Å²) >= 11 is 0. The van der Waals surface area contributed by atoms with Crippen molar-refractivity contribution in [2.45, 2.75) is 46.2 Å². The average molecular weight is 370 g/mol. The molecule has 27 heavy (non-hydrogen) atoms. The van der Waals surface area contributed by atoms with Crippen molar-refractivity contribution < 1.29 is 14.0 Å². The summed E-state index contributed by atoms with van der Waals surface area (Å²) in [5.74, 6) is -0.612. The van der Waals surface area contributed by atoms with Crippen molar-refractivity contribution in [1.29, 1.82) is 0 Å². The molecular formula is C22H27FN2O2. The number of amides is 2. The molecule has 2 rings (SSSR count). The lowest BCUT2D eigenvalue weighted by Gasteiger charge is -2.31. The molecule has 0 spiro atoms. The normalized spacial score (nSPS) is 11.7. The van der Waals surface area contributed by atoms with Crippen molar-refractivity contribution in [3.63, 3.8) is 0 Å². The number of carbonyl (C=O) groups excluding carboxylic acids is 2. The molecule has 4 nitrogen and oxygen atoms in total. The summed E-state index contributed by atoms with van der Waals surface area (Å²) in [6.45, 7) is 6.48. The van der Waals surface area contributed by atoms with Crippen LogP contribution in [0.1, 0.15) is 37.0 Å². The van der Waals surface area contributed by atoms with Crippen LogP contribution in [0.5, 0.6) is 0 Å². The fourth-order valence-corrected chi connectivity index (χ4v) is 3.07. The van der Waals surface area contributed by atoms with E-state index in [1.54, 1.807) is 17.0 Å². The lowest BCUT2D eigenvalue weighted by atomic mass is 10.0. The molecule has 0 unspecified atom stereocenters. The molecular weight excluding hydrogens is 343 g/mol. The molecule has 0 heterocycles. The molecule has 2 amide bonds. The van der Waals surface area contributed by atoms with Crippen LogP contribution in [0, 0.1) is 12.7 Å². The quantitative estimate of drug-likeness (QED) is 0.772.